The number of pyridine rings is 1. The summed E-state index contributed by atoms with van der Waals surface area (Å²) in [4.78, 5) is 17.9. The molecular formula is C17H20N2O3. The quantitative estimate of drug-likeness (QED) is 0.823. The Bertz CT molecular complexity index is 626. The summed E-state index contributed by atoms with van der Waals surface area (Å²) >= 11 is 0. The highest BCUT2D eigenvalue weighted by atomic mass is 16.5. The van der Waals surface area contributed by atoms with Crippen molar-refractivity contribution in [1.29, 1.82) is 0 Å². The van der Waals surface area contributed by atoms with E-state index < -0.39 is 0 Å². The molecule has 0 spiro atoms. The lowest BCUT2D eigenvalue weighted by molar-refractivity contribution is -0.123. The molecule has 0 saturated carbocycles. The molecule has 2 rings (SSSR count). The Morgan fingerprint density at radius 1 is 1.23 bits per heavy atom. The van der Waals surface area contributed by atoms with Gasteiger partial charge in [-0.3, -0.25) is 4.79 Å². The second kappa shape index (κ2) is 7.56. The number of likely N-dealkylation sites (N-methyl/N-ethyl adjacent to an activating group) is 1. The Balaban J connectivity index is 1.85. The molecule has 22 heavy (non-hydrogen) atoms. The van der Waals surface area contributed by atoms with Crippen LogP contribution in [-0.2, 0) is 16.1 Å². The first-order chi connectivity index (χ1) is 10.6. The SMILES string of the molecule is COc1ccc(COCC(=O)N(C)c2ccccc2C)cn1. The molecule has 0 saturated heterocycles. The summed E-state index contributed by atoms with van der Waals surface area (Å²) in [6.45, 7) is 2.34. The minimum Gasteiger partial charge on any atom is -0.481 e. The Hall–Kier alpha value is -2.40. The number of aromatic nitrogens is 1. The lowest BCUT2D eigenvalue weighted by atomic mass is 10.2. The molecule has 0 aliphatic carbocycles. The molecule has 5 nitrogen and oxygen atoms in total. The zero-order valence-corrected chi connectivity index (χ0v) is 13.1. The standard InChI is InChI=1S/C17H20N2O3/c1-13-6-4-5-7-15(13)19(2)17(20)12-22-11-14-8-9-16(21-3)18-10-14/h4-10H,11-12H2,1-3H3. The van der Waals surface area contributed by atoms with Crippen LogP contribution in [0.15, 0.2) is 42.6 Å². The van der Waals surface area contributed by atoms with Gasteiger partial charge < -0.3 is 14.4 Å². The van der Waals surface area contributed by atoms with Gasteiger partial charge in [-0.25, -0.2) is 4.98 Å². The number of aryl methyl sites for hydroxylation is 1. The number of hydrogen-bond acceptors (Lipinski definition) is 4. The van der Waals surface area contributed by atoms with Crippen molar-refractivity contribution in [2.24, 2.45) is 0 Å². The molecule has 0 aliphatic heterocycles. The number of methoxy groups -OCH3 is 1. The largest absolute Gasteiger partial charge is 0.481 e. The van der Waals surface area contributed by atoms with Crippen LogP contribution >= 0.6 is 0 Å². The summed E-state index contributed by atoms with van der Waals surface area (Å²) in [7, 11) is 3.32. The van der Waals surface area contributed by atoms with E-state index in [1.54, 1.807) is 31.3 Å². The first kappa shape index (κ1) is 16.0. The van der Waals surface area contributed by atoms with Crippen LogP contribution in [0.4, 0.5) is 5.69 Å². The number of benzene rings is 1. The number of amides is 1. The van der Waals surface area contributed by atoms with Gasteiger partial charge in [-0.2, -0.15) is 0 Å². The fourth-order valence-electron chi connectivity index (χ4n) is 2.04. The van der Waals surface area contributed by atoms with E-state index in [0.717, 1.165) is 16.8 Å². The highest BCUT2D eigenvalue weighted by Gasteiger charge is 2.12. The van der Waals surface area contributed by atoms with Gasteiger partial charge in [0.05, 0.1) is 13.7 Å². The van der Waals surface area contributed by atoms with Crippen molar-refractivity contribution < 1.29 is 14.3 Å². The van der Waals surface area contributed by atoms with Gasteiger partial charge in [0, 0.05) is 25.0 Å². The van der Waals surface area contributed by atoms with Crippen LogP contribution < -0.4 is 9.64 Å². The molecule has 2 aromatic rings. The van der Waals surface area contributed by atoms with Gasteiger partial charge in [-0.1, -0.05) is 18.2 Å². The van der Waals surface area contributed by atoms with E-state index in [2.05, 4.69) is 4.98 Å². The van der Waals surface area contributed by atoms with Gasteiger partial charge in [0.15, 0.2) is 0 Å². The number of hydrogen-bond donors (Lipinski definition) is 0. The van der Waals surface area contributed by atoms with Crippen LogP contribution in [0.5, 0.6) is 5.88 Å². The molecular weight excluding hydrogens is 280 g/mol. The minimum absolute atomic E-state index is 0.0247. The molecule has 0 fully saturated rings. The molecule has 1 aromatic heterocycles. The van der Waals surface area contributed by atoms with Crippen molar-refractivity contribution in [3.63, 3.8) is 0 Å². The molecule has 0 N–H and O–H groups in total. The fourth-order valence-corrected chi connectivity index (χ4v) is 2.04. The Labute approximate surface area is 130 Å². The first-order valence-corrected chi connectivity index (χ1v) is 7.00. The Morgan fingerprint density at radius 3 is 2.64 bits per heavy atom. The zero-order chi connectivity index (χ0) is 15.9. The first-order valence-electron chi connectivity index (χ1n) is 7.00. The van der Waals surface area contributed by atoms with E-state index in [-0.39, 0.29) is 12.5 Å². The summed E-state index contributed by atoms with van der Waals surface area (Å²) in [6.07, 6.45) is 1.67. The average Bonchev–Trinajstić information content (AvgIpc) is 2.55. The molecule has 0 aliphatic rings. The minimum atomic E-state index is -0.0872. The second-order valence-corrected chi connectivity index (χ2v) is 4.94. The predicted molar refractivity (Wildman–Crippen MR) is 85.0 cm³/mol. The molecule has 5 heteroatoms. The molecule has 0 atom stereocenters. The summed E-state index contributed by atoms with van der Waals surface area (Å²) in [6, 6.07) is 11.4. The van der Waals surface area contributed by atoms with Crippen LogP contribution in [0.3, 0.4) is 0 Å². The predicted octanol–water partition coefficient (Wildman–Crippen LogP) is 2.58. The molecule has 1 amide bonds. The third kappa shape index (κ3) is 4.05. The molecule has 1 heterocycles. The van der Waals surface area contributed by atoms with Crippen LogP contribution in [-0.4, -0.2) is 31.7 Å². The van der Waals surface area contributed by atoms with Crippen molar-refractivity contribution >= 4 is 11.6 Å². The fraction of sp³-hybridized carbons (Fsp3) is 0.294. The Morgan fingerprint density at radius 2 is 2.00 bits per heavy atom. The van der Waals surface area contributed by atoms with Crippen molar-refractivity contribution in [3.8, 4) is 5.88 Å². The molecule has 116 valence electrons. The number of rotatable bonds is 6. The van der Waals surface area contributed by atoms with E-state index >= 15 is 0 Å². The summed E-state index contributed by atoms with van der Waals surface area (Å²) < 4.78 is 10.5. The van der Waals surface area contributed by atoms with Gasteiger partial charge in [0.25, 0.3) is 5.91 Å². The van der Waals surface area contributed by atoms with Crippen molar-refractivity contribution in [3.05, 3.63) is 53.7 Å². The van der Waals surface area contributed by atoms with E-state index in [1.165, 1.54) is 0 Å². The average molecular weight is 300 g/mol. The highest BCUT2D eigenvalue weighted by Crippen LogP contribution is 2.18. The lowest BCUT2D eigenvalue weighted by Crippen LogP contribution is -2.30. The molecule has 0 unspecified atom stereocenters. The van der Waals surface area contributed by atoms with Crippen LogP contribution in [0.25, 0.3) is 0 Å². The van der Waals surface area contributed by atoms with Gasteiger partial charge in [0.2, 0.25) is 5.88 Å². The topological polar surface area (TPSA) is 51.7 Å². The lowest BCUT2D eigenvalue weighted by Gasteiger charge is -2.19. The maximum atomic E-state index is 12.2. The van der Waals surface area contributed by atoms with Gasteiger partial charge in [-0.05, 0) is 30.2 Å². The van der Waals surface area contributed by atoms with Gasteiger partial charge >= 0.3 is 0 Å². The van der Waals surface area contributed by atoms with Crippen LogP contribution in [0.2, 0.25) is 0 Å². The normalized spacial score (nSPS) is 10.3. The second-order valence-electron chi connectivity index (χ2n) is 4.94. The van der Waals surface area contributed by atoms with Gasteiger partial charge in [0.1, 0.15) is 6.61 Å². The molecule has 0 radical (unpaired) electrons. The summed E-state index contributed by atoms with van der Waals surface area (Å²) in [5, 5.41) is 0. The third-order valence-electron chi connectivity index (χ3n) is 3.35. The number of carbonyl (C=O) groups excluding carboxylic acids is 1. The number of carbonyl (C=O) groups is 1. The van der Waals surface area contributed by atoms with E-state index in [1.807, 2.05) is 37.3 Å². The number of para-hydroxylation sites is 1. The molecule has 1 aromatic carbocycles. The Kier molecular flexibility index (Phi) is 5.49. The monoisotopic (exact) mass is 300 g/mol. The molecule has 0 bridgehead atoms. The van der Waals surface area contributed by atoms with Crippen molar-refractivity contribution in [2.45, 2.75) is 13.5 Å². The van der Waals surface area contributed by atoms with E-state index in [4.69, 9.17) is 9.47 Å². The van der Waals surface area contributed by atoms with Crippen LogP contribution in [0.1, 0.15) is 11.1 Å². The van der Waals surface area contributed by atoms with E-state index in [9.17, 15) is 4.79 Å². The maximum Gasteiger partial charge on any atom is 0.252 e. The zero-order valence-electron chi connectivity index (χ0n) is 13.1. The highest BCUT2D eigenvalue weighted by molar-refractivity contribution is 5.94. The number of anilines is 1. The number of nitrogens with zero attached hydrogens (tertiary/aromatic N) is 2. The van der Waals surface area contributed by atoms with Crippen LogP contribution in [0, 0.1) is 6.92 Å². The third-order valence-corrected chi connectivity index (χ3v) is 3.35. The maximum absolute atomic E-state index is 12.2. The van der Waals surface area contributed by atoms with Gasteiger partial charge in [-0.15, -0.1) is 0 Å². The van der Waals surface area contributed by atoms with Crippen molar-refractivity contribution in [1.82, 2.24) is 4.98 Å². The summed E-state index contributed by atoms with van der Waals surface area (Å²) in [5.74, 6) is 0.467. The smallest absolute Gasteiger partial charge is 0.252 e. The summed E-state index contributed by atoms with van der Waals surface area (Å²) in [5.41, 5.74) is 2.84. The van der Waals surface area contributed by atoms with E-state index in [0.29, 0.717) is 12.5 Å². The number of ether oxygens (including phenoxy) is 2. The van der Waals surface area contributed by atoms with Crippen molar-refractivity contribution in [2.75, 3.05) is 25.7 Å².